The zero-order valence-corrected chi connectivity index (χ0v) is 8.53. The topological polar surface area (TPSA) is 66.4 Å². The van der Waals surface area contributed by atoms with Crippen LogP contribution in [0.4, 0.5) is 0 Å². The third-order valence-electron chi connectivity index (χ3n) is 3.33. The molecular weight excluding hydrogens is 194 g/mol. The maximum absolute atomic E-state index is 11.2. The number of amides is 1. The van der Waals surface area contributed by atoms with Crippen LogP contribution in [0.3, 0.4) is 0 Å². The Hall–Kier alpha value is -1.32. The predicted molar refractivity (Wildman–Crippen MR) is 54.2 cm³/mol. The normalized spacial score (nSPS) is 22.7. The quantitative estimate of drug-likeness (QED) is 0.662. The number of carbonyl (C=O) groups is 2. The van der Waals surface area contributed by atoms with Crippen LogP contribution in [-0.2, 0) is 9.59 Å². The van der Waals surface area contributed by atoms with E-state index in [4.69, 9.17) is 5.11 Å². The lowest BCUT2D eigenvalue weighted by Crippen LogP contribution is -2.29. The SMILES string of the molecule is O=C(O)/C=C/C(=O)NCC1(C2CC2)CC1. The van der Waals surface area contributed by atoms with E-state index < -0.39 is 5.97 Å². The van der Waals surface area contributed by atoms with Crippen LogP contribution in [0, 0.1) is 11.3 Å². The van der Waals surface area contributed by atoms with Gasteiger partial charge in [0.1, 0.15) is 0 Å². The van der Waals surface area contributed by atoms with Gasteiger partial charge in [-0.15, -0.1) is 0 Å². The van der Waals surface area contributed by atoms with E-state index in [1.165, 1.54) is 25.7 Å². The lowest BCUT2D eigenvalue weighted by atomic mass is 10.0. The highest BCUT2D eigenvalue weighted by atomic mass is 16.4. The number of nitrogens with one attached hydrogen (secondary N) is 1. The van der Waals surface area contributed by atoms with E-state index in [1.54, 1.807) is 0 Å². The maximum atomic E-state index is 11.2. The molecule has 4 heteroatoms. The van der Waals surface area contributed by atoms with Gasteiger partial charge in [0, 0.05) is 18.7 Å². The Bertz CT molecular complexity index is 314. The van der Waals surface area contributed by atoms with E-state index >= 15 is 0 Å². The van der Waals surface area contributed by atoms with Crippen molar-refractivity contribution in [2.45, 2.75) is 25.7 Å². The number of carbonyl (C=O) groups excluding carboxylic acids is 1. The molecule has 0 bridgehead atoms. The van der Waals surface area contributed by atoms with Crippen molar-refractivity contribution in [2.75, 3.05) is 6.54 Å². The molecule has 1 amide bonds. The fourth-order valence-corrected chi connectivity index (χ4v) is 2.05. The van der Waals surface area contributed by atoms with Crippen LogP contribution in [0.15, 0.2) is 12.2 Å². The van der Waals surface area contributed by atoms with Crippen molar-refractivity contribution in [3.63, 3.8) is 0 Å². The van der Waals surface area contributed by atoms with E-state index in [9.17, 15) is 9.59 Å². The minimum Gasteiger partial charge on any atom is -0.478 e. The minimum atomic E-state index is -1.09. The first kappa shape index (κ1) is 10.2. The molecule has 82 valence electrons. The van der Waals surface area contributed by atoms with Crippen LogP contribution >= 0.6 is 0 Å². The molecule has 0 saturated heterocycles. The highest BCUT2D eigenvalue weighted by Crippen LogP contribution is 2.60. The third kappa shape index (κ3) is 2.58. The molecule has 2 aliphatic carbocycles. The van der Waals surface area contributed by atoms with Gasteiger partial charge in [-0.1, -0.05) is 0 Å². The summed E-state index contributed by atoms with van der Waals surface area (Å²) in [6.07, 6.45) is 6.94. The summed E-state index contributed by atoms with van der Waals surface area (Å²) in [4.78, 5) is 21.4. The number of hydrogen-bond acceptors (Lipinski definition) is 2. The summed E-state index contributed by atoms with van der Waals surface area (Å²) >= 11 is 0. The fraction of sp³-hybridized carbons (Fsp3) is 0.636. The molecule has 0 aromatic carbocycles. The molecular formula is C11H15NO3. The summed E-state index contributed by atoms with van der Waals surface area (Å²) in [5.41, 5.74) is 0.368. The van der Waals surface area contributed by atoms with E-state index in [2.05, 4.69) is 5.32 Å². The Morgan fingerprint density at radius 2 is 2.00 bits per heavy atom. The Balaban J connectivity index is 1.73. The van der Waals surface area contributed by atoms with Crippen molar-refractivity contribution in [3.8, 4) is 0 Å². The van der Waals surface area contributed by atoms with Crippen LogP contribution in [0.5, 0.6) is 0 Å². The Morgan fingerprint density at radius 3 is 2.47 bits per heavy atom. The molecule has 0 atom stereocenters. The van der Waals surface area contributed by atoms with Crippen molar-refractivity contribution in [1.82, 2.24) is 5.32 Å². The van der Waals surface area contributed by atoms with Gasteiger partial charge in [0.15, 0.2) is 0 Å². The number of aliphatic carboxylic acids is 1. The van der Waals surface area contributed by atoms with Gasteiger partial charge in [-0.25, -0.2) is 4.79 Å². The predicted octanol–water partition coefficient (Wildman–Crippen LogP) is 0.934. The number of carboxylic acids is 1. The molecule has 0 spiro atoms. The van der Waals surface area contributed by atoms with Crippen LogP contribution in [-0.4, -0.2) is 23.5 Å². The van der Waals surface area contributed by atoms with E-state index in [0.29, 0.717) is 12.0 Å². The third-order valence-corrected chi connectivity index (χ3v) is 3.33. The molecule has 0 aliphatic heterocycles. The largest absolute Gasteiger partial charge is 0.478 e. The monoisotopic (exact) mass is 209 g/mol. The zero-order chi connectivity index (χ0) is 10.9. The summed E-state index contributed by atoms with van der Waals surface area (Å²) in [6.45, 7) is 0.709. The van der Waals surface area contributed by atoms with Crippen molar-refractivity contribution < 1.29 is 14.7 Å². The minimum absolute atomic E-state index is 0.302. The second kappa shape index (κ2) is 3.68. The van der Waals surface area contributed by atoms with Crippen molar-refractivity contribution in [3.05, 3.63) is 12.2 Å². The lowest BCUT2D eigenvalue weighted by molar-refractivity contribution is -0.131. The fourth-order valence-electron chi connectivity index (χ4n) is 2.05. The number of rotatable bonds is 5. The van der Waals surface area contributed by atoms with Crippen LogP contribution in [0.2, 0.25) is 0 Å². The van der Waals surface area contributed by atoms with Gasteiger partial charge in [-0.05, 0) is 37.0 Å². The molecule has 2 saturated carbocycles. The van der Waals surface area contributed by atoms with Gasteiger partial charge in [0.25, 0.3) is 0 Å². The molecule has 2 aliphatic rings. The standard InChI is InChI=1S/C11H15NO3/c13-9(3-4-10(14)15)12-7-11(5-6-11)8-1-2-8/h3-4,8H,1-2,5-7H2,(H,12,13)(H,14,15)/b4-3+. The lowest BCUT2D eigenvalue weighted by Gasteiger charge is -2.13. The summed E-state index contributed by atoms with van der Waals surface area (Å²) in [5.74, 6) is -0.584. The molecule has 0 radical (unpaired) electrons. The second-order valence-electron chi connectivity index (χ2n) is 4.53. The first-order valence-corrected chi connectivity index (χ1v) is 5.31. The van der Waals surface area contributed by atoms with Crippen LogP contribution in [0.1, 0.15) is 25.7 Å². The Labute approximate surface area is 88.4 Å². The molecule has 0 aromatic rings. The highest BCUT2D eigenvalue weighted by Gasteiger charge is 2.53. The van der Waals surface area contributed by atoms with Crippen LogP contribution < -0.4 is 5.32 Å². The van der Waals surface area contributed by atoms with Crippen molar-refractivity contribution in [2.24, 2.45) is 11.3 Å². The summed E-state index contributed by atoms with van der Waals surface area (Å²) in [5, 5.41) is 11.1. The summed E-state index contributed by atoms with van der Waals surface area (Å²) in [7, 11) is 0. The van der Waals surface area contributed by atoms with E-state index in [0.717, 1.165) is 18.1 Å². The summed E-state index contributed by atoms with van der Waals surface area (Å²) in [6, 6.07) is 0. The first-order chi connectivity index (χ1) is 7.12. The second-order valence-corrected chi connectivity index (χ2v) is 4.53. The van der Waals surface area contributed by atoms with Gasteiger partial charge in [0.2, 0.25) is 5.91 Å². The molecule has 4 nitrogen and oxygen atoms in total. The van der Waals surface area contributed by atoms with Crippen molar-refractivity contribution in [1.29, 1.82) is 0 Å². The Morgan fingerprint density at radius 1 is 1.33 bits per heavy atom. The molecule has 2 fully saturated rings. The molecule has 0 unspecified atom stereocenters. The van der Waals surface area contributed by atoms with Crippen LogP contribution in [0.25, 0.3) is 0 Å². The number of hydrogen-bond donors (Lipinski definition) is 2. The average Bonchev–Trinajstić information content (AvgIpc) is 3.01. The maximum Gasteiger partial charge on any atom is 0.328 e. The molecule has 0 aromatic heterocycles. The first-order valence-electron chi connectivity index (χ1n) is 5.31. The van der Waals surface area contributed by atoms with Gasteiger partial charge >= 0.3 is 5.97 Å². The van der Waals surface area contributed by atoms with Crippen molar-refractivity contribution >= 4 is 11.9 Å². The van der Waals surface area contributed by atoms with E-state index in [1.807, 2.05) is 0 Å². The highest BCUT2D eigenvalue weighted by molar-refractivity contribution is 5.93. The number of carboxylic acid groups (broad SMARTS) is 1. The zero-order valence-electron chi connectivity index (χ0n) is 8.53. The van der Waals surface area contributed by atoms with E-state index in [-0.39, 0.29) is 5.91 Å². The van der Waals surface area contributed by atoms with Gasteiger partial charge in [-0.3, -0.25) is 4.79 Å². The Kier molecular flexibility index (Phi) is 2.50. The van der Waals surface area contributed by atoms with Gasteiger partial charge in [0.05, 0.1) is 0 Å². The molecule has 2 rings (SSSR count). The molecule has 15 heavy (non-hydrogen) atoms. The molecule has 2 N–H and O–H groups in total. The summed E-state index contributed by atoms with van der Waals surface area (Å²) < 4.78 is 0. The smallest absolute Gasteiger partial charge is 0.328 e. The molecule has 0 heterocycles. The van der Waals surface area contributed by atoms with Gasteiger partial charge < -0.3 is 10.4 Å². The average molecular weight is 209 g/mol. The van der Waals surface area contributed by atoms with Gasteiger partial charge in [-0.2, -0.15) is 0 Å².